The standard InChI is InChI=1S/C17H12O6/c1-20-10-3-2-9(12(18)7-10)6-14-15(19)11-4-5-13-17(16(11)23-14)22-8-21-13/h2-7,18H,8H2,1H3/b14-6-. The second kappa shape index (κ2) is 4.95. The molecular formula is C17H12O6. The van der Waals surface area contributed by atoms with Gasteiger partial charge in [0.25, 0.3) is 0 Å². The third kappa shape index (κ3) is 2.07. The zero-order valence-corrected chi connectivity index (χ0v) is 12.2. The predicted octanol–water partition coefficient (Wildman–Crippen LogP) is 2.75. The van der Waals surface area contributed by atoms with Gasteiger partial charge in [0.2, 0.25) is 18.3 Å². The van der Waals surface area contributed by atoms with Crippen LogP contribution in [-0.2, 0) is 0 Å². The Bertz CT molecular complexity index is 852. The summed E-state index contributed by atoms with van der Waals surface area (Å²) in [5.41, 5.74) is 0.865. The molecule has 2 aromatic rings. The van der Waals surface area contributed by atoms with Crippen LogP contribution in [0.25, 0.3) is 6.08 Å². The maximum absolute atomic E-state index is 12.4. The van der Waals surface area contributed by atoms with E-state index in [4.69, 9.17) is 18.9 Å². The van der Waals surface area contributed by atoms with Crippen molar-refractivity contribution in [3.05, 3.63) is 47.2 Å². The molecule has 6 heteroatoms. The molecule has 116 valence electrons. The molecule has 0 aromatic heterocycles. The van der Waals surface area contributed by atoms with Crippen molar-refractivity contribution in [1.29, 1.82) is 0 Å². The lowest BCUT2D eigenvalue weighted by Gasteiger charge is -2.04. The summed E-state index contributed by atoms with van der Waals surface area (Å²) in [6.45, 7) is 0.0989. The zero-order chi connectivity index (χ0) is 16.0. The molecule has 1 N–H and O–H groups in total. The Kier molecular flexibility index (Phi) is 2.90. The van der Waals surface area contributed by atoms with Crippen molar-refractivity contribution < 1.29 is 28.8 Å². The molecular weight excluding hydrogens is 300 g/mol. The number of phenolic OH excluding ortho intramolecular Hbond substituents is 1. The number of phenols is 1. The van der Waals surface area contributed by atoms with Crippen molar-refractivity contribution in [3.8, 4) is 28.7 Å². The van der Waals surface area contributed by atoms with Gasteiger partial charge in [0, 0.05) is 11.6 Å². The third-order valence-electron chi connectivity index (χ3n) is 3.70. The first-order valence-corrected chi connectivity index (χ1v) is 6.91. The molecule has 0 aliphatic carbocycles. The number of ether oxygens (including phenoxy) is 4. The molecule has 0 saturated heterocycles. The number of Topliss-reactive ketones (excluding diaryl/α,β-unsaturated/α-hetero) is 1. The molecule has 4 rings (SSSR count). The molecule has 0 radical (unpaired) electrons. The van der Waals surface area contributed by atoms with Crippen molar-refractivity contribution in [3.63, 3.8) is 0 Å². The summed E-state index contributed by atoms with van der Waals surface area (Å²) in [5.74, 6) is 1.69. The minimum atomic E-state index is -0.270. The monoisotopic (exact) mass is 312 g/mol. The topological polar surface area (TPSA) is 74.2 Å². The number of rotatable bonds is 2. The summed E-state index contributed by atoms with van der Waals surface area (Å²) in [4.78, 5) is 12.4. The quantitative estimate of drug-likeness (QED) is 0.860. The number of aromatic hydroxyl groups is 1. The Hall–Kier alpha value is -3.15. The minimum absolute atomic E-state index is 0.00554. The van der Waals surface area contributed by atoms with Gasteiger partial charge in [-0.1, -0.05) is 0 Å². The maximum Gasteiger partial charge on any atom is 0.232 e. The van der Waals surface area contributed by atoms with Crippen molar-refractivity contribution >= 4 is 11.9 Å². The summed E-state index contributed by atoms with van der Waals surface area (Å²) in [5, 5.41) is 10.0. The molecule has 0 unspecified atom stereocenters. The van der Waals surface area contributed by atoms with E-state index in [1.54, 1.807) is 24.3 Å². The molecule has 6 nitrogen and oxygen atoms in total. The highest BCUT2D eigenvalue weighted by Gasteiger charge is 2.34. The van der Waals surface area contributed by atoms with E-state index in [0.29, 0.717) is 34.1 Å². The number of benzene rings is 2. The van der Waals surface area contributed by atoms with E-state index >= 15 is 0 Å². The first-order chi connectivity index (χ1) is 11.2. The maximum atomic E-state index is 12.4. The number of carbonyl (C=O) groups is 1. The molecule has 2 heterocycles. The van der Waals surface area contributed by atoms with Gasteiger partial charge in [-0.3, -0.25) is 4.79 Å². The number of methoxy groups -OCH3 is 1. The van der Waals surface area contributed by atoms with Gasteiger partial charge in [0.15, 0.2) is 17.3 Å². The van der Waals surface area contributed by atoms with Gasteiger partial charge in [0.05, 0.1) is 12.7 Å². The molecule has 0 saturated carbocycles. The van der Waals surface area contributed by atoms with Crippen LogP contribution in [-0.4, -0.2) is 24.8 Å². The van der Waals surface area contributed by atoms with E-state index in [1.807, 2.05) is 0 Å². The first-order valence-electron chi connectivity index (χ1n) is 6.91. The Balaban J connectivity index is 1.73. The van der Waals surface area contributed by atoms with E-state index in [2.05, 4.69) is 0 Å². The van der Waals surface area contributed by atoms with Crippen LogP contribution >= 0.6 is 0 Å². The van der Waals surface area contributed by atoms with Crippen LogP contribution in [0.1, 0.15) is 15.9 Å². The number of fused-ring (bicyclic) bond motifs is 3. The van der Waals surface area contributed by atoms with Gasteiger partial charge in [-0.15, -0.1) is 0 Å². The molecule has 0 bridgehead atoms. The number of hydrogen-bond donors (Lipinski definition) is 1. The van der Waals surface area contributed by atoms with Crippen molar-refractivity contribution in [2.24, 2.45) is 0 Å². The fraction of sp³-hybridized carbons (Fsp3) is 0.118. The van der Waals surface area contributed by atoms with Gasteiger partial charge < -0.3 is 24.1 Å². The lowest BCUT2D eigenvalue weighted by atomic mass is 10.1. The molecule has 0 amide bonds. The molecule has 0 spiro atoms. The van der Waals surface area contributed by atoms with E-state index in [-0.39, 0.29) is 24.1 Å². The van der Waals surface area contributed by atoms with Gasteiger partial charge in [-0.2, -0.15) is 0 Å². The molecule has 0 atom stereocenters. The summed E-state index contributed by atoms with van der Waals surface area (Å²) < 4.78 is 21.3. The van der Waals surface area contributed by atoms with Crippen molar-refractivity contribution in [2.75, 3.05) is 13.9 Å². The average Bonchev–Trinajstić information content (AvgIpc) is 3.14. The molecule has 2 aliphatic rings. The highest BCUT2D eigenvalue weighted by Crippen LogP contribution is 2.47. The fourth-order valence-corrected chi connectivity index (χ4v) is 2.52. The average molecular weight is 312 g/mol. The number of hydrogen-bond acceptors (Lipinski definition) is 6. The third-order valence-corrected chi connectivity index (χ3v) is 3.70. The summed E-state index contributed by atoms with van der Waals surface area (Å²) in [7, 11) is 1.51. The van der Waals surface area contributed by atoms with Crippen LogP contribution in [0.3, 0.4) is 0 Å². The second-order valence-corrected chi connectivity index (χ2v) is 5.04. The molecule has 2 aliphatic heterocycles. The minimum Gasteiger partial charge on any atom is -0.507 e. The van der Waals surface area contributed by atoms with Crippen LogP contribution in [0.15, 0.2) is 36.1 Å². The van der Waals surface area contributed by atoms with Gasteiger partial charge in [0.1, 0.15) is 11.5 Å². The van der Waals surface area contributed by atoms with Crippen LogP contribution in [0.5, 0.6) is 28.7 Å². The highest BCUT2D eigenvalue weighted by molar-refractivity contribution is 6.15. The fourth-order valence-electron chi connectivity index (χ4n) is 2.52. The van der Waals surface area contributed by atoms with E-state index in [9.17, 15) is 9.90 Å². The highest BCUT2D eigenvalue weighted by atomic mass is 16.7. The Labute approximate surface area is 131 Å². The number of ketones is 1. The summed E-state index contributed by atoms with van der Waals surface area (Å²) in [6, 6.07) is 8.11. The van der Waals surface area contributed by atoms with Crippen LogP contribution in [0.4, 0.5) is 0 Å². The second-order valence-electron chi connectivity index (χ2n) is 5.04. The Morgan fingerprint density at radius 3 is 2.83 bits per heavy atom. The van der Waals surface area contributed by atoms with Crippen LogP contribution < -0.4 is 18.9 Å². The Morgan fingerprint density at radius 2 is 2.04 bits per heavy atom. The molecule has 23 heavy (non-hydrogen) atoms. The molecule has 2 aromatic carbocycles. The van der Waals surface area contributed by atoms with Gasteiger partial charge in [-0.25, -0.2) is 0 Å². The zero-order valence-electron chi connectivity index (χ0n) is 12.2. The predicted molar refractivity (Wildman–Crippen MR) is 80.2 cm³/mol. The summed E-state index contributed by atoms with van der Waals surface area (Å²) in [6.07, 6.45) is 1.49. The van der Waals surface area contributed by atoms with Crippen molar-refractivity contribution in [1.82, 2.24) is 0 Å². The lowest BCUT2D eigenvalue weighted by Crippen LogP contribution is -1.98. The molecule has 0 fully saturated rings. The number of allylic oxidation sites excluding steroid dienone is 1. The smallest absolute Gasteiger partial charge is 0.232 e. The Morgan fingerprint density at radius 1 is 1.17 bits per heavy atom. The van der Waals surface area contributed by atoms with E-state index in [0.717, 1.165) is 0 Å². The van der Waals surface area contributed by atoms with E-state index < -0.39 is 0 Å². The van der Waals surface area contributed by atoms with Gasteiger partial charge >= 0.3 is 0 Å². The number of carbonyl (C=O) groups excluding carboxylic acids is 1. The van der Waals surface area contributed by atoms with Crippen LogP contribution in [0, 0.1) is 0 Å². The first kappa shape index (κ1) is 13.5. The van der Waals surface area contributed by atoms with Crippen molar-refractivity contribution in [2.45, 2.75) is 0 Å². The van der Waals surface area contributed by atoms with Gasteiger partial charge in [-0.05, 0) is 30.3 Å². The normalized spacial score (nSPS) is 16.4. The van der Waals surface area contributed by atoms with Crippen LogP contribution in [0.2, 0.25) is 0 Å². The summed E-state index contributed by atoms with van der Waals surface area (Å²) >= 11 is 0. The largest absolute Gasteiger partial charge is 0.507 e. The SMILES string of the molecule is COc1ccc(/C=C2\Oc3c(ccc4c3OCO4)C2=O)c(O)c1. The van der Waals surface area contributed by atoms with E-state index in [1.165, 1.54) is 19.3 Å². The lowest BCUT2D eigenvalue weighted by molar-refractivity contribution is 0.101.